The first-order valence-corrected chi connectivity index (χ1v) is 15.0. The Labute approximate surface area is 254 Å². The number of rotatable bonds is 15. The molecule has 43 heavy (non-hydrogen) atoms. The number of para-hydroxylation sites is 1. The standard InChI is InChI=1S/C34H42N2O7/c1-38-18-6-17-36-31-19-25(9-14-32(31)43-24-34(36)37)21-42-33-20-35-16-15-30(33)26-10-12-28(13-11-26)41-23-29(39-2)22-40-27-7-4-3-5-8-27/h3-5,7-14,19,29-30,33,35H,6,15-18,20-24H2,1-2H3/t29-,30?,33?/m1/s1. The van der Waals surface area contributed by atoms with Gasteiger partial charge in [0.15, 0.2) is 6.61 Å². The third kappa shape index (κ3) is 8.48. The van der Waals surface area contributed by atoms with Gasteiger partial charge < -0.3 is 38.6 Å². The Morgan fingerprint density at radius 3 is 2.49 bits per heavy atom. The van der Waals surface area contributed by atoms with Crippen LogP contribution in [0.4, 0.5) is 5.69 Å². The molecule has 1 amide bonds. The fraction of sp³-hybridized carbons (Fsp3) is 0.441. The lowest BCUT2D eigenvalue weighted by molar-refractivity contribution is -0.121. The molecule has 2 aliphatic heterocycles. The molecule has 5 rings (SSSR count). The van der Waals surface area contributed by atoms with Crippen molar-refractivity contribution >= 4 is 11.6 Å². The van der Waals surface area contributed by atoms with E-state index in [-0.39, 0.29) is 30.6 Å². The van der Waals surface area contributed by atoms with Gasteiger partial charge in [-0.3, -0.25) is 4.79 Å². The average Bonchev–Trinajstić information content (AvgIpc) is 3.06. The van der Waals surface area contributed by atoms with Crippen molar-refractivity contribution in [3.05, 3.63) is 83.9 Å². The van der Waals surface area contributed by atoms with Crippen LogP contribution >= 0.6 is 0 Å². The van der Waals surface area contributed by atoms with Gasteiger partial charge in [0, 0.05) is 39.8 Å². The molecule has 3 aromatic carbocycles. The Hall–Kier alpha value is -3.63. The molecule has 2 aliphatic rings. The van der Waals surface area contributed by atoms with Crippen LogP contribution in [0.15, 0.2) is 72.8 Å². The van der Waals surface area contributed by atoms with E-state index in [0.717, 1.165) is 54.4 Å². The number of benzene rings is 3. The number of fused-ring (bicyclic) bond motifs is 1. The summed E-state index contributed by atoms with van der Waals surface area (Å²) in [6, 6.07) is 23.9. The van der Waals surface area contributed by atoms with Crippen LogP contribution in [-0.4, -0.2) is 78.4 Å². The third-order valence-electron chi connectivity index (χ3n) is 7.84. The quantitative estimate of drug-likeness (QED) is 0.258. The second kappa shape index (κ2) is 15.7. The molecule has 3 atom stereocenters. The van der Waals surface area contributed by atoms with Crippen LogP contribution < -0.4 is 24.4 Å². The van der Waals surface area contributed by atoms with Crippen molar-refractivity contribution in [2.24, 2.45) is 0 Å². The number of hydrogen-bond donors (Lipinski definition) is 1. The fourth-order valence-corrected chi connectivity index (χ4v) is 5.43. The van der Waals surface area contributed by atoms with Crippen molar-refractivity contribution in [1.29, 1.82) is 0 Å². The summed E-state index contributed by atoms with van der Waals surface area (Å²) in [5.41, 5.74) is 3.03. The summed E-state index contributed by atoms with van der Waals surface area (Å²) in [7, 11) is 3.33. The second-order valence-electron chi connectivity index (χ2n) is 10.8. The maximum atomic E-state index is 12.6. The molecule has 0 radical (unpaired) electrons. The number of amides is 1. The molecule has 0 aliphatic carbocycles. The number of methoxy groups -OCH3 is 2. The van der Waals surface area contributed by atoms with Crippen LogP contribution in [0.2, 0.25) is 0 Å². The van der Waals surface area contributed by atoms with E-state index in [1.54, 1.807) is 19.1 Å². The number of piperidine rings is 1. The molecule has 1 fully saturated rings. The van der Waals surface area contributed by atoms with E-state index in [9.17, 15) is 4.79 Å². The lowest BCUT2D eigenvalue weighted by Gasteiger charge is -2.33. The van der Waals surface area contributed by atoms with E-state index in [1.165, 1.54) is 5.56 Å². The number of ether oxygens (including phenoxy) is 6. The molecule has 1 saturated heterocycles. The van der Waals surface area contributed by atoms with Crippen LogP contribution in [-0.2, 0) is 25.6 Å². The van der Waals surface area contributed by atoms with Gasteiger partial charge in [-0.05, 0) is 66.9 Å². The lowest BCUT2D eigenvalue weighted by Crippen LogP contribution is -2.41. The molecule has 2 unspecified atom stereocenters. The molecule has 9 nitrogen and oxygen atoms in total. The number of nitrogens with one attached hydrogen (secondary N) is 1. The molecule has 1 N–H and O–H groups in total. The van der Waals surface area contributed by atoms with E-state index in [4.69, 9.17) is 28.4 Å². The SMILES string of the molecule is COCCCN1C(=O)COc2ccc(COC3CNCCC3c3ccc(OC[C@@H](COc4ccccc4)OC)cc3)cc21. The van der Waals surface area contributed by atoms with Gasteiger partial charge in [0.1, 0.15) is 36.6 Å². The van der Waals surface area contributed by atoms with E-state index < -0.39 is 0 Å². The van der Waals surface area contributed by atoms with Gasteiger partial charge in [0.2, 0.25) is 0 Å². The molecule has 2 heterocycles. The lowest BCUT2D eigenvalue weighted by atomic mass is 9.87. The van der Waals surface area contributed by atoms with E-state index in [0.29, 0.717) is 33.0 Å². The number of carbonyl (C=O) groups excluding carboxylic acids is 1. The summed E-state index contributed by atoms with van der Waals surface area (Å²) in [5, 5.41) is 3.48. The summed E-state index contributed by atoms with van der Waals surface area (Å²) < 4.78 is 34.7. The fourth-order valence-electron chi connectivity index (χ4n) is 5.43. The van der Waals surface area contributed by atoms with Crippen molar-refractivity contribution in [3.8, 4) is 17.2 Å². The topological polar surface area (TPSA) is 87.7 Å². The summed E-state index contributed by atoms with van der Waals surface area (Å²) in [5.74, 6) is 2.54. The highest BCUT2D eigenvalue weighted by Crippen LogP contribution is 2.34. The molecule has 0 spiro atoms. The zero-order chi connectivity index (χ0) is 29.9. The number of anilines is 1. The van der Waals surface area contributed by atoms with Gasteiger partial charge in [-0.1, -0.05) is 36.4 Å². The van der Waals surface area contributed by atoms with E-state index in [2.05, 4.69) is 17.4 Å². The first kappa shape index (κ1) is 30.8. The monoisotopic (exact) mass is 590 g/mol. The highest BCUT2D eigenvalue weighted by molar-refractivity contribution is 5.97. The minimum atomic E-state index is -0.187. The summed E-state index contributed by atoms with van der Waals surface area (Å²) in [6.07, 6.45) is 1.57. The molecule has 0 aromatic heterocycles. The van der Waals surface area contributed by atoms with Crippen molar-refractivity contribution in [3.63, 3.8) is 0 Å². The van der Waals surface area contributed by atoms with Crippen LogP contribution in [0, 0.1) is 0 Å². The first-order valence-electron chi connectivity index (χ1n) is 15.0. The smallest absolute Gasteiger partial charge is 0.265 e. The number of nitrogens with zero attached hydrogens (tertiary/aromatic N) is 1. The normalized spacial score (nSPS) is 18.9. The molecule has 0 saturated carbocycles. The second-order valence-corrected chi connectivity index (χ2v) is 10.8. The van der Waals surface area contributed by atoms with Crippen molar-refractivity contribution in [2.75, 3.05) is 65.2 Å². The van der Waals surface area contributed by atoms with Gasteiger partial charge in [-0.25, -0.2) is 0 Å². The van der Waals surface area contributed by atoms with Gasteiger partial charge in [0.05, 0.1) is 18.4 Å². The Balaban J connectivity index is 1.16. The predicted octanol–water partition coefficient (Wildman–Crippen LogP) is 4.58. The predicted molar refractivity (Wildman–Crippen MR) is 164 cm³/mol. The van der Waals surface area contributed by atoms with Gasteiger partial charge in [-0.15, -0.1) is 0 Å². The third-order valence-corrected chi connectivity index (χ3v) is 7.84. The molecular weight excluding hydrogens is 548 g/mol. The molecule has 9 heteroatoms. The molecular formula is C34H42N2O7. The minimum Gasteiger partial charge on any atom is -0.491 e. The van der Waals surface area contributed by atoms with Crippen LogP contribution in [0.5, 0.6) is 17.2 Å². The zero-order valence-corrected chi connectivity index (χ0v) is 25.0. The highest BCUT2D eigenvalue weighted by atomic mass is 16.6. The first-order chi connectivity index (χ1) is 21.1. The number of carbonyl (C=O) groups is 1. The Morgan fingerprint density at radius 1 is 0.977 bits per heavy atom. The van der Waals surface area contributed by atoms with Gasteiger partial charge in [0.25, 0.3) is 5.91 Å². The largest absolute Gasteiger partial charge is 0.491 e. The van der Waals surface area contributed by atoms with Crippen molar-refractivity contribution in [2.45, 2.75) is 37.6 Å². The Morgan fingerprint density at radius 2 is 1.74 bits per heavy atom. The maximum Gasteiger partial charge on any atom is 0.265 e. The summed E-state index contributed by atoms with van der Waals surface area (Å²) >= 11 is 0. The van der Waals surface area contributed by atoms with Crippen LogP contribution in [0.1, 0.15) is 29.9 Å². The van der Waals surface area contributed by atoms with Gasteiger partial charge >= 0.3 is 0 Å². The zero-order valence-electron chi connectivity index (χ0n) is 25.0. The minimum absolute atomic E-state index is 0.0141. The average molecular weight is 591 g/mol. The Bertz CT molecular complexity index is 1290. The highest BCUT2D eigenvalue weighted by Gasteiger charge is 2.29. The van der Waals surface area contributed by atoms with Crippen LogP contribution in [0.25, 0.3) is 0 Å². The molecule has 3 aromatic rings. The molecule has 230 valence electrons. The molecule has 0 bridgehead atoms. The summed E-state index contributed by atoms with van der Waals surface area (Å²) in [4.78, 5) is 14.4. The van der Waals surface area contributed by atoms with E-state index in [1.807, 2.05) is 60.7 Å². The summed E-state index contributed by atoms with van der Waals surface area (Å²) in [6.45, 7) is 4.21. The number of hydrogen-bond acceptors (Lipinski definition) is 8. The van der Waals surface area contributed by atoms with E-state index >= 15 is 0 Å². The Kier molecular flexibility index (Phi) is 11.3. The van der Waals surface area contributed by atoms with Crippen LogP contribution in [0.3, 0.4) is 0 Å². The van der Waals surface area contributed by atoms with Crippen molar-refractivity contribution in [1.82, 2.24) is 5.32 Å². The van der Waals surface area contributed by atoms with Gasteiger partial charge in [-0.2, -0.15) is 0 Å². The van der Waals surface area contributed by atoms with Crippen molar-refractivity contribution < 1.29 is 33.2 Å². The maximum absolute atomic E-state index is 12.6.